The van der Waals surface area contributed by atoms with Gasteiger partial charge in [0.25, 0.3) is 0 Å². The summed E-state index contributed by atoms with van der Waals surface area (Å²) in [5.74, 6) is 1.46. The van der Waals surface area contributed by atoms with Crippen LogP contribution in [0.4, 0.5) is 0 Å². The SMILES string of the molecule is CCCc1ccc(-c2ccc(C(O)CC)o2)cc1. The quantitative estimate of drug-likeness (QED) is 0.848. The van der Waals surface area contributed by atoms with E-state index in [-0.39, 0.29) is 0 Å². The Morgan fingerprint density at radius 2 is 1.78 bits per heavy atom. The Balaban J connectivity index is 2.18. The van der Waals surface area contributed by atoms with Crippen LogP contribution < -0.4 is 0 Å². The van der Waals surface area contributed by atoms with E-state index in [0.717, 1.165) is 24.2 Å². The molecular weight excluding hydrogens is 224 g/mol. The summed E-state index contributed by atoms with van der Waals surface area (Å²) in [7, 11) is 0. The average Bonchev–Trinajstić information content (AvgIpc) is 2.89. The monoisotopic (exact) mass is 244 g/mol. The number of hydrogen-bond acceptors (Lipinski definition) is 2. The fourth-order valence-corrected chi connectivity index (χ4v) is 2.01. The Labute approximate surface area is 108 Å². The maximum absolute atomic E-state index is 9.71. The van der Waals surface area contributed by atoms with Crippen molar-refractivity contribution in [1.82, 2.24) is 0 Å². The van der Waals surface area contributed by atoms with Gasteiger partial charge in [-0.3, -0.25) is 0 Å². The molecule has 0 saturated heterocycles. The molecule has 1 unspecified atom stereocenters. The molecule has 2 rings (SSSR count). The van der Waals surface area contributed by atoms with E-state index in [0.29, 0.717) is 12.2 Å². The molecule has 0 radical (unpaired) electrons. The summed E-state index contributed by atoms with van der Waals surface area (Å²) in [6, 6.07) is 12.2. The van der Waals surface area contributed by atoms with Crippen molar-refractivity contribution >= 4 is 0 Å². The molecule has 2 aromatic rings. The van der Waals surface area contributed by atoms with Crippen LogP contribution in [0.15, 0.2) is 40.8 Å². The van der Waals surface area contributed by atoms with Crippen molar-refractivity contribution in [1.29, 1.82) is 0 Å². The van der Waals surface area contributed by atoms with Crippen LogP contribution in [0.3, 0.4) is 0 Å². The van der Waals surface area contributed by atoms with E-state index >= 15 is 0 Å². The van der Waals surface area contributed by atoms with Crippen LogP contribution in [0, 0.1) is 0 Å². The third-order valence-corrected chi connectivity index (χ3v) is 3.12. The Hall–Kier alpha value is -1.54. The minimum Gasteiger partial charge on any atom is -0.458 e. The number of hydrogen-bond donors (Lipinski definition) is 1. The number of rotatable bonds is 5. The first-order valence-corrected chi connectivity index (χ1v) is 6.61. The number of benzene rings is 1. The van der Waals surface area contributed by atoms with Crippen molar-refractivity contribution < 1.29 is 9.52 Å². The van der Waals surface area contributed by atoms with Crippen LogP contribution in [-0.2, 0) is 6.42 Å². The second-order valence-electron chi connectivity index (χ2n) is 4.57. The molecule has 2 nitrogen and oxygen atoms in total. The van der Waals surface area contributed by atoms with E-state index in [1.54, 1.807) is 0 Å². The van der Waals surface area contributed by atoms with Gasteiger partial charge in [-0.1, -0.05) is 44.5 Å². The molecule has 1 aromatic carbocycles. The van der Waals surface area contributed by atoms with Gasteiger partial charge in [0.05, 0.1) is 0 Å². The number of aliphatic hydroxyl groups is 1. The lowest BCUT2D eigenvalue weighted by atomic mass is 10.1. The zero-order valence-corrected chi connectivity index (χ0v) is 11.0. The van der Waals surface area contributed by atoms with E-state index in [2.05, 4.69) is 31.2 Å². The molecule has 0 aliphatic rings. The van der Waals surface area contributed by atoms with E-state index < -0.39 is 6.10 Å². The third-order valence-electron chi connectivity index (χ3n) is 3.12. The highest BCUT2D eigenvalue weighted by Gasteiger charge is 2.11. The van der Waals surface area contributed by atoms with Crippen LogP contribution in [0.5, 0.6) is 0 Å². The molecule has 1 heterocycles. The zero-order valence-electron chi connectivity index (χ0n) is 11.0. The molecule has 0 fully saturated rings. The molecule has 1 atom stereocenters. The normalized spacial score (nSPS) is 12.6. The van der Waals surface area contributed by atoms with Gasteiger partial charge < -0.3 is 9.52 Å². The second kappa shape index (κ2) is 5.87. The average molecular weight is 244 g/mol. The van der Waals surface area contributed by atoms with Gasteiger partial charge in [-0.2, -0.15) is 0 Å². The van der Waals surface area contributed by atoms with E-state index in [1.165, 1.54) is 5.56 Å². The molecule has 96 valence electrons. The van der Waals surface area contributed by atoms with Gasteiger partial charge >= 0.3 is 0 Å². The van der Waals surface area contributed by atoms with Crippen molar-refractivity contribution in [3.05, 3.63) is 47.7 Å². The first kappa shape index (κ1) is 12.9. The second-order valence-corrected chi connectivity index (χ2v) is 4.57. The van der Waals surface area contributed by atoms with Crippen LogP contribution in [0.2, 0.25) is 0 Å². The predicted octanol–water partition coefficient (Wildman–Crippen LogP) is 4.34. The minimum absolute atomic E-state index is 0.502. The third kappa shape index (κ3) is 2.82. The Morgan fingerprint density at radius 1 is 1.06 bits per heavy atom. The fourth-order valence-electron chi connectivity index (χ4n) is 2.01. The van der Waals surface area contributed by atoms with Crippen molar-refractivity contribution in [2.45, 2.75) is 39.2 Å². The van der Waals surface area contributed by atoms with Crippen LogP contribution in [0.25, 0.3) is 11.3 Å². The van der Waals surface area contributed by atoms with Gasteiger partial charge in [-0.05, 0) is 30.5 Å². The predicted molar refractivity (Wildman–Crippen MR) is 73.4 cm³/mol. The highest BCUT2D eigenvalue weighted by atomic mass is 16.4. The molecule has 1 N–H and O–H groups in total. The summed E-state index contributed by atoms with van der Waals surface area (Å²) < 4.78 is 5.67. The maximum Gasteiger partial charge on any atom is 0.134 e. The first-order valence-electron chi connectivity index (χ1n) is 6.61. The highest BCUT2D eigenvalue weighted by Crippen LogP contribution is 2.26. The highest BCUT2D eigenvalue weighted by molar-refractivity contribution is 5.58. The molecule has 0 bridgehead atoms. The number of furan rings is 1. The van der Waals surface area contributed by atoms with Crippen LogP contribution in [-0.4, -0.2) is 5.11 Å². The lowest BCUT2D eigenvalue weighted by molar-refractivity contribution is 0.147. The number of aliphatic hydroxyl groups excluding tert-OH is 1. The van der Waals surface area contributed by atoms with Gasteiger partial charge in [0, 0.05) is 5.56 Å². The Bertz CT molecular complexity index is 482. The Morgan fingerprint density at radius 3 is 2.39 bits per heavy atom. The van der Waals surface area contributed by atoms with Gasteiger partial charge in [-0.25, -0.2) is 0 Å². The van der Waals surface area contributed by atoms with E-state index in [9.17, 15) is 5.11 Å². The molecule has 18 heavy (non-hydrogen) atoms. The zero-order chi connectivity index (χ0) is 13.0. The summed E-state index contributed by atoms with van der Waals surface area (Å²) in [4.78, 5) is 0. The van der Waals surface area contributed by atoms with Gasteiger partial charge in [0.2, 0.25) is 0 Å². The molecule has 0 amide bonds. The lowest BCUT2D eigenvalue weighted by Gasteiger charge is -2.03. The van der Waals surface area contributed by atoms with Crippen molar-refractivity contribution in [2.24, 2.45) is 0 Å². The standard InChI is InChI=1S/C16H20O2/c1-3-5-12-6-8-13(9-7-12)15-10-11-16(18-15)14(17)4-2/h6-11,14,17H,3-5H2,1-2H3. The van der Waals surface area contributed by atoms with Crippen molar-refractivity contribution in [3.63, 3.8) is 0 Å². The molecule has 1 aromatic heterocycles. The van der Waals surface area contributed by atoms with Crippen LogP contribution >= 0.6 is 0 Å². The maximum atomic E-state index is 9.71. The fraction of sp³-hybridized carbons (Fsp3) is 0.375. The summed E-state index contributed by atoms with van der Waals surface area (Å²) in [5.41, 5.74) is 2.41. The van der Waals surface area contributed by atoms with Gasteiger partial charge in [-0.15, -0.1) is 0 Å². The first-order chi connectivity index (χ1) is 8.74. The minimum atomic E-state index is -0.502. The van der Waals surface area contributed by atoms with Crippen LogP contribution in [0.1, 0.15) is 44.1 Å². The van der Waals surface area contributed by atoms with Gasteiger partial charge in [0.1, 0.15) is 17.6 Å². The largest absolute Gasteiger partial charge is 0.458 e. The number of aryl methyl sites for hydroxylation is 1. The molecule has 2 heteroatoms. The van der Waals surface area contributed by atoms with E-state index in [4.69, 9.17) is 4.42 Å². The molecule has 0 aliphatic carbocycles. The molecule has 0 spiro atoms. The summed E-state index contributed by atoms with van der Waals surface area (Å²) >= 11 is 0. The lowest BCUT2D eigenvalue weighted by Crippen LogP contribution is -1.91. The van der Waals surface area contributed by atoms with E-state index in [1.807, 2.05) is 19.1 Å². The van der Waals surface area contributed by atoms with Gasteiger partial charge in [0.15, 0.2) is 0 Å². The summed E-state index contributed by atoms with van der Waals surface area (Å²) in [6.45, 7) is 4.12. The van der Waals surface area contributed by atoms with Crippen molar-refractivity contribution in [2.75, 3.05) is 0 Å². The summed E-state index contributed by atoms with van der Waals surface area (Å²) in [5, 5.41) is 9.71. The molecule has 0 saturated carbocycles. The Kier molecular flexibility index (Phi) is 4.21. The molecular formula is C16H20O2. The van der Waals surface area contributed by atoms with Crippen molar-refractivity contribution in [3.8, 4) is 11.3 Å². The topological polar surface area (TPSA) is 33.4 Å². The smallest absolute Gasteiger partial charge is 0.134 e. The molecule has 0 aliphatic heterocycles. The summed E-state index contributed by atoms with van der Waals surface area (Å²) in [6.07, 6.45) is 2.44.